The fourth-order valence-electron chi connectivity index (χ4n) is 2.60. The molecule has 1 aromatic rings. The molecule has 1 aliphatic rings. The van der Waals surface area contributed by atoms with Gasteiger partial charge in [0.1, 0.15) is 5.75 Å². The molecule has 2 unspecified atom stereocenters. The van der Waals surface area contributed by atoms with Crippen LogP contribution < -0.4 is 10.5 Å². The monoisotopic (exact) mass is 326 g/mol. The van der Waals surface area contributed by atoms with Gasteiger partial charge >= 0.3 is 0 Å². The Balaban J connectivity index is 2.36. The smallest absolute Gasteiger partial charge is 0.222 e. The number of carbonyl (C=O) groups is 1. The Morgan fingerprint density at radius 2 is 2.21 bits per heavy atom. The van der Waals surface area contributed by atoms with Crippen molar-refractivity contribution in [1.29, 1.82) is 0 Å². The third-order valence-electron chi connectivity index (χ3n) is 3.66. The molecule has 2 atom stereocenters. The number of benzene rings is 1. The third-order valence-corrected chi connectivity index (χ3v) is 4.28. The van der Waals surface area contributed by atoms with E-state index in [4.69, 9.17) is 10.5 Å². The second-order valence-corrected chi connectivity index (χ2v) is 5.75. The number of hydrogen-bond donors (Lipinski definition) is 1. The number of likely N-dealkylation sites (tertiary alicyclic amines) is 1. The average Bonchev–Trinajstić information content (AvgIpc) is 2.50. The lowest BCUT2D eigenvalue weighted by molar-refractivity contribution is -0.131. The standard InChI is InChI=1S/C14H19BrN2O2/c1-17-13(18)5-3-4-11(16)14(17)9-6-7-12(19-2)10(15)8-9/h6-8,11,14H,3-5,16H2,1-2H3. The zero-order valence-corrected chi connectivity index (χ0v) is 12.8. The SMILES string of the molecule is COc1ccc(C2C(N)CCCC(=O)N2C)cc1Br. The molecule has 104 valence electrons. The molecule has 2 N–H and O–H groups in total. The molecule has 0 aromatic heterocycles. The number of rotatable bonds is 2. The molecule has 1 aromatic carbocycles. The summed E-state index contributed by atoms with van der Waals surface area (Å²) in [5.74, 6) is 0.935. The van der Waals surface area contributed by atoms with Crippen molar-refractivity contribution in [2.45, 2.75) is 31.3 Å². The zero-order valence-electron chi connectivity index (χ0n) is 11.2. The van der Waals surface area contributed by atoms with Gasteiger partial charge in [-0.1, -0.05) is 6.07 Å². The molecule has 5 heteroatoms. The molecule has 1 saturated heterocycles. The summed E-state index contributed by atoms with van der Waals surface area (Å²) < 4.78 is 6.11. The van der Waals surface area contributed by atoms with Gasteiger partial charge in [-0.15, -0.1) is 0 Å². The first kappa shape index (κ1) is 14.3. The summed E-state index contributed by atoms with van der Waals surface area (Å²) in [4.78, 5) is 13.8. The van der Waals surface area contributed by atoms with E-state index < -0.39 is 0 Å². The summed E-state index contributed by atoms with van der Waals surface area (Å²) in [6, 6.07) is 5.76. The highest BCUT2D eigenvalue weighted by Gasteiger charge is 2.30. The number of halogens is 1. The number of carbonyl (C=O) groups excluding carboxylic acids is 1. The van der Waals surface area contributed by atoms with Gasteiger partial charge < -0.3 is 15.4 Å². The van der Waals surface area contributed by atoms with E-state index in [1.807, 2.05) is 25.2 Å². The van der Waals surface area contributed by atoms with E-state index in [9.17, 15) is 4.79 Å². The van der Waals surface area contributed by atoms with Gasteiger partial charge in [0.25, 0.3) is 0 Å². The summed E-state index contributed by atoms with van der Waals surface area (Å²) in [7, 11) is 3.46. The van der Waals surface area contributed by atoms with Crippen molar-refractivity contribution in [3.8, 4) is 5.75 Å². The highest BCUT2D eigenvalue weighted by molar-refractivity contribution is 9.10. The largest absolute Gasteiger partial charge is 0.496 e. The highest BCUT2D eigenvalue weighted by Crippen LogP contribution is 2.33. The molecule has 4 nitrogen and oxygen atoms in total. The van der Waals surface area contributed by atoms with Crippen LogP contribution in [0.3, 0.4) is 0 Å². The van der Waals surface area contributed by atoms with E-state index in [1.54, 1.807) is 12.0 Å². The lowest BCUT2D eigenvalue weighted by Gasteiger charge is -2.31. The minimum atomic E-state index is -0.0720. The molecule has 0 bridgehead atoms. The van der Waals surface area contributed by atoms with Crippen molar-refractivity contribution >= 4 is 21.8 Å². The van der Waals surface area contributed by atoms with Crippen LogP contribution in [0, 0.1) is 0 Å². The normalized spacial score (nSPS) is 24.2. The first-order valence-corrected chi connectivity index (χ1v) is 7.18. The molecule has 0 saturated carbocycles. The molecule has 1 heterocycles. The molecule has 0 radical (unpaired) electrons. The highest BCUT2D eigenvalue weighted by atomic mass is 79.9. The van der Waals surface area contributed by atoms with Crippen molar-refractivity contribution in [1.82, 2.24) is 4.90 Å². The maximum Gasteiger partial charge on any atom is 0.222 e. The molecular formula is C14H19BrN2O2. The van der Waals surface area contributed by atoms with Gasteiger partial charge in [0.2, 0.25) is 5.91 Å². The fourth-order valence-corrected chi connectivity index (χ4v) is 3.16. The Bertz CT molecular complexity index is 479. The van der Waals surface area contributed by atoms with E-state index in [-0.39, 0.29) is 18.0 Å². The van der Waals surface area contributed by atoms with Gasteiger partial charge in [-0.05, 0) is 46.5 Å². The molecule has 19 heavy (non-hydrogen) atoms. The van der Waals surface area contributed by atoms with Gasteiger partial charge in [0, 0.05) is 19.5 Å². The van der Waals surface area contributed by atoms with Crippen LogP contribution in [0.15, 0.2) is 22.7 Å². The Labute approximate surface area is 122 Å². The number of nitrogens with zero attached hydrogens (tertiary/aromatic N) is 1. The van der Waals surface area contributed by atoms with Gasteiger partial charge in [-0.3, -0.25) is 4.79 Å². The maximum absolute atomic E-state index is 12.0. The number of ether oxygens (including phenoxy) is 1. The first-order valence-electron chi connectivity index (χ1n) is 6.39. The number of amides is 1. The van der Waals surface area contributed by atoms with Crippen molar-refractivity contribution in [3.63, 3.8) is 0 Å². The summed E-state index contributed by atoms with van der Waals surface area (Å²) >= 11 is 3.48. The van der Waals surface area contributed by atoms with Crippen molar-refractivity contribution in [2.24, 2.45) is 5.73 Å². The lowest BCUT2D eigenvalue weighted by atomic mass is 9.96. The van der Waals surface area contributed by atoms with Crippen molar-refractivity contribution < 1.29 is 9.53 Å². The second-order valence-electron chi connectivity index (χ2n) is 4.90. The Morgan fingerprint density at radius 1 is 1.47 bits per heavy atom. The van der Waals surface area contributed by atoms with E-state index >= 15 is 0 Å². The van der Waals surface area contributed by atoms with Gasteiger partial charge in [0.15, 0.2) is 0 Å². The van der Waals surface area contributed by atoms with Crippen LogP contribution in [-0.2, 0) is 4.79 Å². The minimum absolute atomic E-state index is 0.0308. The van der Waals surface area contributed by atoms with E-state index in [0.717, 1.165) is 28.6 Å². The van der Waals surface area contributed by atoms with Gasteiger partial charge in [0.05, 0.1) is 17.6 Å². The predicted octanol–water partition coefficient (Wildman–Crippen LogP) is 2.47. The van der Waals surface area contributed by atoms with Crippen LogP contribution >= 0.6 is 15.9 Å². The maximum atomic E-state index is 12.0. The van der Waals surface area contributed by atoms with E-state index in [2.05, 4.69) is 15.9 Å². The number of nitrogens with two attached hydrogens (primary N) is 1. The summed E-state index contributed by atoms with van der Waals surface area (Å²) in [6.45, 7) is 0. The summed E-state index contributed by atoms with van der Waals surface area (Å²) in [5.41, 5.74) is 7.28. The van der Waals surface area contributed by atoms with E-state index in [1.165, 1.54) is 0 Å². The minimum Gasteiger partial charge on any atom is -0.496 e. The number of methoxy groups -OCH3 is 1. The Morgan fingerprint density at radius 3 is 2.84 bits per heavy atom. The van der Waals surface area contributed by atoms with Crippen LogP contribution in [0.2, 0.25) is 0 Å². The Hall–Kier alpha value is -1.07. The third kappa shape index (κ3) is 2.92. The summed E-state index contributed by atoms with van der Waals surface area (Å²) in [6.07, 6.45) is 2.31. The van der Waals surface area contributed by atoms with Crippen molar-refractivity contribution in [3.05, 3.63) is 28.2 Å². The number of likely N-dealkylation sites (N-methyl/N-ethyl adjacent to an activating group) is 1. The van der Waals surface area contributed by atoms with Crippen molar-refractivity contribution in [2.75, 3.05) is 14.2 Å². The molecule has 2 rings (SSSR count). The predicted molar refractivity (Wildman–Crippen MR) is 78.0 cm³/mol. The average molecular weight is 327 g/mol. The topological polar surface area (TPSA) is 55.6 Å². The van der Waals surface area contributed by atoms with Gasteiger partial charge in [-0.2, -0.15) is 0 Å². The molecule has 1 amide bonds. The lowest BCUT2D eigenvalue weighted by Crippen LogP contribution is -2.39. The molecule has 0 aliphatic carbocycles. The number of hydrogen-bond acceptors (Lipinski definition) is 3. The van der Waals surface area contributed by atoms with E-state index in [0.29, 0.717) is 6.42 Å². The van der Waals surface area contributed by atoms with Gasteiger partial charge in [-0.25, -0.2) is 0 Å². The Kier molecular flexibility index (Phi) is 4.47. The fraction of sp³-hybridized carbons (Fsp3) is 0.500. The van der Waals surface area contributed by atoms with Crippen LogP contribution in [0.5, 0.6) is 5.75 Å². The van der Waals surface area contributed by atoms with Crippen LogP contribution in [-0.4, -0.2) is 31.0 Å². The summed E-state index contributed by atoms with van der Waals surface area (Å²) in [5, 5.41) is 0. The van der Waals surface area contributed by atoms with Crippen LogP contribution in [0.25, 0.3) is 0 Å². The van der Waals surface area contributed by atoms with Crippen LogP contribution in [0.1, 0.15) is 30.9 Å². The van der Waals surface area contributed by atoms with Crippen LogP contribution in [0.4, 0.5) is 0 Å². The zero-order chi connectivity index (χ0) is 14.0. The first-order chi connectivity index (χ1) is 9.04. The molecule has 1 aliphatic heterocycles. The second kappa shape index (κ2) is 5.92. The molecular weight excluding hydrogens is 308 g/mol. The quantitative estimate of drug-likeness (QED) is 0.908. The molecule has 1 fully saturated rings. The molecule has 0 spiro atoms.